The molecule has 0 bridgehead atoms. The van der Waals surface area contributed by atoms with Crippen molar-refractivity contribution in [1.29, 1.82) is 0 Å². The lowest BCUT2D eigenvalue weighted by Gasteiger charge is -2.29. The van der Waals surface area contributed by atoms with Crippen molar-refractivity contribution in [3.05, 3.63) is 23.8 Å². The van der Waals surface area contributed by atoms with Crippen LogP contribution in [0.1, 0.15) is 5.56 Å². The molecule has 3 nitrogen and oxygen atoms in total. The number of piperazine rings is 1. The molecule has 1 fully saturated rings. The second kappa shape index (κ2) is 3.74. The molecule has 0 aliphatic carbocycles. The molecule has 0 aromatic heterocycles. The minimum absolute atomic E-state index is 1.10. The zero-order chi connectivity index (χ0) is 10.1. The fourth-order valence-electron chi connectivity index (χ4n) is 2.40. The number of nitrogens with zero attached hydrogens (tertiary/aromatic N) is 1. The van der Waals surface area contributed by atoms with Crippen LogP contribution in [0.3, 0.4) is 0 Å². The zero-order valence-electron chi connectivity index (χ0n) is 8.92. The normalized spacial score (nSPS) is 19.9. The molecule has 2 aliphatic rings. The largest absolute Gasteiger partial charge is 0.384 e. The van der Waals surface area contributed by atoms with Crippen molar-refractivity contribution in [2.24, 2.45) is 0 Å². The molecule has 3 rings (SSSR count). The zero-order valence-corrected chi connectivity index (χ0v) is 8.92. The Kier molecular flexibility index (Phi) is 2.25. The van der Waals surface area contributed by atoms with Crippen molar-refractivity contribution >= 4 is 11.4 Å². The minimum atomic E-state index is 1.10. The van der Waals surface area contributed by atoms with Gasteiger partial charge >= 0.3 is 0 Å². The van der Waals surface area contributed by atoms with Crippen molar-refractivity contribution in [2.45, 2.75) is 6.42 Å². The third-order valence-corrected chi connectivity index (χ3v) is 3.29. The summed E-state index contributed by atoms with van der Waals surface area (Å²) < 4.78 is 0. The lowest BCUT2D eigenvalue weighted by molar-refractivity contribution is 0.589. The van der Waals surface area contributed by atoms with Gasteiger partial charge < -0.3 is 15.5 Å². The van der Waals surface area contributed by atoms with Gasteiger partial charge in [0, 0.05) is 44.1 Å². The van der Waals surface area contributed by atoms with Crippen molar-refractivity contribution in [3.8, 4) is 0 Å². The lowest BCUT2D eigenvalue weighted by Crippen LogP contribution is -2.43. The van der Waals surface area contributed by atoms with Crippen LogP contribution in [0.5, 0.6) is 0 Å². The predicted octanol–water partition coefficient (Wildman–Crippen LogP) is 1.06. The molecule has 0 saturated carbocycles. The first-order valence-corrected chi connectivity index (χ1v) is 5.76. The Labute approximate surface area is 90.5 Å². The number of hydrogen-bond donors (Lipinski definition) is 2. The summed E-state index contributed by atoms with van der Waals surface area (Å²) in [5.74, 6) is 0. The standard InChI is InChI=1S/C12H17N3/c1-2-11(15-7-5-13-6-8-15)9-12-10(1)3-4-14-12/h1-2,9,13-14H,3-8H2. The molecule has 2 N–H and O–H groups in total. The number of anilines is 2. The Morgan fingerprint density at radius 2 is 1.93 bits per heavy atom. The van der Waals surface area contributed by atoms with E-state index >= 15 is 0 Å². The van der Waals surface area contributed by atoms with E-state index in [1.165, 1.54) is 23.4 Å². The van der Waals surface area contributed by atoms with Gasteiger partial charge in [0.05, 0.1) is 0 Å². The summed E-state index contributed by atoms with van der Waals surface area (Å²) in [6.07, 6.45) is 1.18. The van der Waals surface area contributed by atoms with E-state index < -0.39 is 0 Å². The molecule has 0 amide bonds. The van der Waals surface area contributed by atoms with Crippen molar-refractivity contribution < 1.29 is 0 Å². The Morgan fingerprint density at radius 3 is 2.80 bits per heavy atom. The molecule has 1 saturated heterocycles. The molecule has 0 atom stereocenters. The van der Waals surface area contributed by atoms with Crippen LogP contribution in [-0.2, 0) is 6.42 Å². The monoisotopic (exact) mass is 203 g/mol. The smallest absolute Gasteiger partial charge is 0.0394 e. The highest BCUT2D eigenvalue weighted by molar-refractivity contribution is 5.64. The topological polar surface area (TPSA) is 27.3 Å². The molecular weight excluding hydrogens is 186 g/mol. The van der Waals surface area contributed by atoms with Gasteiger partial charge in [-0.15, -0.1) is 0 Å². The Hall–Kier alpha value is -1.22. The molecular formula is C12H17N3. The average Bonchev–Trinajstić information content (AvgIpc) is 2.77. The summed E-state index contributed by atoms with van der Waals surface area (Å²) in [7, 11) is 0. The van der Waals surface area contributed by atoms with Crippen LogP contribution >= 0.6 is 0 Å². The van der Waals surface area contributed by atoms with Crippen molar-refractivity contribution in [3.63, 3.8) is 0 Å². The van der Waals surface area contributed by atoms with Gasteiger partial charge in [0.25, 0.3) is 0 Å². The number of fused-ring (bicyclic) bond motifs is 1. The Morgan fingerprint density at radius 1 is 1.07 bits per heavy atom. The van der Waals surface area contributed by atoms with Crippen LogP contribution in [-0.4, -0.2) is 32.7 Å². The third-order valence-electron chi connectivity index (χ3n) is 3.29. The second-order valence-corrected chi connectivity index (χ2v) is 4.26. The maximum absolute atomic E-state index is 3.44. The lowest BCUT2D eigenvalue weighted by atomic mass is 10.1. The fraction of sp³-hybridized carbons (Fsp3) is 0.500. The fourth-order valence-corrected chi connectivity index (χ4v) is 2.40. The third kappa shape index (κ3) is 1.67. The second-order valence-electron chi connectivity index (χ2n) is 4.26. The number of rotatable bonds is 1. The maximum atomic E-state index is 3.44. The minimum Gasteiger partial charge on any atom is -0.384 e. The quantitative estimate of drug-likeness (QED) is 0.715. The molecule has 0 spiro atoms. The van der Waals surface area contributed by atoms with E-state index in [2.05, 4.69) is 33.7 Å². The summed E-state index contributed by atoms with van der Waals surface area (Å²) >= 11 is 0. The van der Waals surface area contributed by atoms with Gasteiger partial charge in [0.15, 0.2) is 0 Å². The number of nitrogens with one attached hydrogen (secondary N) is 2. The maximum Gasteiger partial charge on any atom is 0.0394 e. The van der Waals surface area contributed by atoms with Gasteiger partial charge in [-0.3, -0.25) is 0 Å². The average molecular weight is 203 g/mol. The van der Waals surface area contributed by atoms with Crippen LogP contribution in [0.25, 0.3) is 0 Å². The van der Waals surface area contributed by atoms with Gasteiger partial charge in [-0.1, -0.05) is 6.07 Å². The molecule has 1 aromatic rings. The van der Waals surface area contributed by atoms with Gasteiger partial charge in [-0.05, 0) is 24.1 Å². The molecule has 3 heteroatoms. The van der Waals surface area contributed by atoms with Gasteiger partial charge in [-0.25, -0.2) is 0 Å². The first-order chi connectivity index (χ1) is 7.43. The van der Waals surface area contributed by atoms with E-state index in [9.17, 15) is 0 Å². The molecule has 2 heterocycles. The Bertz CT molecular complexity index is 356. The van der Waals surface area contributed by atoms with Crippen LogP contribution in [0.15, 0.2) is 18.2 Å². The summed E-state index contributed by atoms with van der Waals surface area (Å²) in [6, 6.07) is 6.83. The summed E-state index contributed by atoms with van der Waals surface area (Å²) in [5, 5.41) is 6.82. The van der Waals surface area contributed by atoms with Crippen LogP contribution < -0.4 is 15.5 Å². The van der Waals surface area contributed by atoms with Gasteiger partial charge in [0.2, 0.25) is 0 Å². The summed E-state index contributed by atoms with van der Waals surface area (Å²) in [6.45, 7) is 5.55. The highest BCUT2D eigenvalue weighted by Crippen LogP contribution is 2.27. The summed E-state index contributed by atoms with van der Waals surface area (Å²) in [5.41, 5.74) is 4.17. The predicted molar refractivity (Wildman–Crippen MR) is 63.7 cm³/mol. The van der Waals surface area contributed by atoms with Crippen LogP contribution in [0.4, 0.5) is 11.4 Å². The van der Waals surface area contributed by atoms with E-state index in [1.54, 1.807) is 0 Å². The molecule has 2 aliphatic heterocycles. The molecule has 0 unspecified atom stereocenters. The first-order valence-electron chi connectivity index (χ1n) is 5.76. The number of hydrogen-bond acceptors (Lipinski definition) is 3. The van der Waals surface area contributed by atoms with E-state index in [0.29, 0.717) is 0 Å². The summed E-state index contributed by atoms with van der Waals surface area (Å²) in [4.78, 5) is 2.46. The highest BCUT2D eigenvalue weighted by atomic mass is 15.2. The van der Waals surface area contributed by atoms with Crippen LogP contribution in [0, 0.1) is 0 Å². The molecule has 0 radical (unpaired) electrons. The van der Waals surface area contributed by atoms with Crippen LogP contribution in [0.2, 0.25) is 0 Å². The van der Waals surface area contributed by atoms with Crippen molar-refractivity contribution in [2.75, 3.05) is 42.9 Å². The van der Waals surface area contributed by atoms with E-state index in [0.717, 1.165) is 32.7 Å². The molecule has 80 valence electrons. The first kappa shape index (κ1) is 9.04. The van der Waals surface area contributed by atoms with Crippen molar-refractivity contribution in [1.82, 2.24) is 5.32 Å². The van der Waals surface area contributed by atoms with E-state index in [4.69, 9.17) is 0 Å². The molecule has 1 aromatic carbocycles. The molecule has 15 heavy (non-hydrogen) atoms. The van der Waals surface area contributed by atoms with Gasteiger partial charge in [0.1, 0.15) is 0 Å². The van der Waals surface area contributed by atoms with Gasteiger partial charge in [-0.2, -0.15) is 0 Å². The number of benzene rings is 1. The SMILES string of the molecule is c1cc2c(cc1N1CCNCC1)NCC2. The van der Waals surface area contributed by atoms with E-state index in [-0.39, 0.29) is 0 Å². The highest BCUT2D eigenvalue weighted by Gasteiger charge is 2.14. The van der Waals surface area contributed by atoms with E-state index in [1.807, 2.05) is 0 Å². The Balaban J connectivity index is 1.85.